The number of nitrogens with one attached hydrogen (secondary N) is 2. The van der Waals surface area contributed by atoms with Crippen molar-refractivity contribution < 1.29 is 33.8 Å². The number of carboxylic acid groups (broad SMARTS) is 1. The van der Waals surface area contributed by atoms with Crippen LogP contribution < -0.4 is 5.32 Å². The van der Waals surface area contributed by atoms with Crippen molar-refractivity contribution in [3.05, 3.63) is 143 Å². The fourth-order valence-electron chi connectivity index (χ4n) is 10.5. The Morgan fingerprint density at radius 2 is 1.17 bits per heavy atom. The van der Waals surface area contributed by atoms with Gasteiger partial charge in [-0.2, -0.15) is 0 Å². The number of piperazine rings is 2. The van der Waals surface area contributed by atoms with E-state index in [9.17, 15) is 24.3 Å². The molecule has 3 N–H and O–H groups in total. The number of hydrogen-bond acceptors (Lipinski definition) is 11. The van der Waals surface area contributed by atoms with E-state index in [0.717, 1.165) is 85.9 Å². The molecule has 75 heavy (non-hydrogen) atoms. The zero-order valence-electron chi connectivity index (χ0n) is 43.3. The van der Waals surface area contributed by atoms with Crippen molar-refractivity contribution >= 4 is 79.1 Å². The molecule has 20 heteroatoms. The van der Waals surface area contributed by atoms with E-state index in [2.05, 4.69) is 82.1 Å². The number of hydrogen-bond donors (Lipinski definition) is 3. The van der Waals surface area contributed by atoms with Crippen molar-refractivity contribution in [3.8, 4) is 0 Å². The van der Waals surface area contributed by atoms with Crippen LogP contribution in [0.3, 0.4) is 0 Å². The summed E-state index contributed by atoms with van der Waals surface area (Å²) in [6, 6.07) is 13.9. The molecule has 3 aromatic heterocycles. The summed E-state index contributed by atoms with van der Waals surface area (Å²) >= 11 is 19.8. The first-order valence-electron chi connectivity index (χ1n) is 25.4. The van der Waals surface area contributed by atoms with Gasteiger partial charge in [0.25, 0.3) is 0 Å². The lowest BCUT2D eigenvalue weighted by molar-refractivity contribution is -0.146. The fourth-order valence-corrected chi connectivity index (χ4v) is 11.6. The minimum Gasteiger partial charge on any atom is -0.480 e. The highest BCUT2D eigenvalue weighted by Crippen LogP contribution is 2.41. The van der Waals surface area contributed by atoms with E-state index in [1.165, 1.54) is 10.5 Å². The molecule has 9 rings (SSSR count). The number of aryl methyl sites for hydroxylation is 4. The standard InChI is InChI=1S/C31H38BrClN6O3.C24H27BrClN3O4/c1-5-19(25-16-34-18-37-25)14-36-29(40)26-17-38(10-11-39(26)30(41)42-31(2,3)4)28-24-9-8-23(33)13-20(24)6-7-21-12-22(32)15-35-27(21)28;1-24(2,3)33-23(32)29-9-8-28(13-19(29)22(30)31)21-18-7-6-17(26)11-14(18)4-5-15-10-16(25)12-27-20(15)21/h8-9,12-13,15-16,18-19,26,28H,5-7,10-11,14,17H2,1-4H3,(H,34,37)(H,36,40);6-7,10-12,19,21H,4-5,8-9,13H2,1-3H3,(H,30,31)/t19?,26-,28?;19-,21?/m11/s1. The normalized spacial score (nSPS) is 20.4. The minimum absolute atomic E-state index is 0.0825. The Balaban J connectivity index is 0.000000205. The summed E-state index contributed by atoms with van der Waals surface area (Å²) in [6.07, 6.45) is 10.1. The van der Waals surface area contributed by atoms with E-state index < -0.39 is 41.4 Å². The Labute approximate surface area is 465 Å². The Morgan fingerprint density at radius 1 is 0.707 bits per heavy atom. The highest BCUT2D eigenvalue weighted by molar-refractivity contribution is 9.10. The first-order valence-corrected chi connectivity index (χ1v) is 27.7. The van der Waals surface area contributed by atoms with Crippen LogP contribution in [0.1, 0.15) is 123 Å². The van der Waals surface area contributed by atoms with Crippen LogP contribution in [-0.4, -0.2) is 138 Å². The summed E-state index contributed by atoms with van der Waals surface area (Å²) in [4.78, 5) is 76.4. The number of imidazole rings is 1. The van der Waals surface area contributed by atoms with E-state index in [1.807, 2.05) is 57.3 Å². The van der Waals surface area contributed by atoms with Gasteiger partial charge in [-0.3, -0.25) is 34.4 Å². The summed E-state index contributed by atoms with van der Waals surface area (Å²) < 4.78 is 13.1. The molecule has 2 aromatic carbocycles. The number of carboxylic acids is 1. The second-order valence-corrected chi connectivity index (χ2v) is 24.2. The Hall–Kier alpha value is -5.11. The number of nitrogens with zero attached hydrogens (tertiary/aromatic N) is 7. The summed E-state index contributed by atoms with van der Waals surface area (Å²) in [7, 11) is 0. The molecule has 2 aliphatic carbocycles. The number of benzene rings is 2. The predicted molar refractivity (Wildman–Crippen MR) is 294 cm³/mol. The van der Waals surface area contributed by atoms with Gasteiger partial charge in [0.1, 0.15) is 23.3 Å². The summed E-state index contributed by atoms with van der Waals surface area (Å²) in [5.74, 6) is -1.18. The average Bonchev–Trinajstić information content (AvgIpc) is 3.78. The molecule has 5 atom stereocenters. The summed E-state index contributed by atoms with van der Waals surface area (Å²) in [6.45, 7) is 15.4. The van der Waals surface area contributed by atoms with Crippen LogP contribution in [-0.2, 0) is 44.7 Å². The van der Waals surface area contributed by atoms with Gasteiger partial charge in [0.2, 0.25) is 5.91 Å². The van der Waals surface area contributed by atoms with Gasteiger partial charge in [-0.25, -0.2) is 19.4 Å². The number of carbonyl (C=O) groups is 4. The zero-order valence-corrected chi connectivity index (χ0v) is 48.0. The van der Waals surface area contributed by atoms with Crippen LogP contribution >= 0.6 is 55.1 Å². The van der Waals surface area contributed by atoms with Gasteiger partial charge >= 0.3 is 18.2 Å². The van der Waals surface area contributed by atoms with E-state index >= 15 is 0 Å². The average molecular weight is 1190 g/mol. The number of fused-ring (bicyclic) bond motifs is 4. The van der Waals surface area contributed by atoms with Crippen molar-refractivity contribution in [1.29, 1.82) is 0 Å². The zero-order chi connectivity index (χ0) is 53.9. The predicted octanol–water partition coefficient (Wildman–Crippen LogP) is 10.3. The van der Waals surface area contributed by atoms with Gasteiger partial charge in [-0.05, 0) is 175 Å². The van der Waals surface area contributed by atoms with Crippen molar-refractivity contribution in [1.82, 2.24) is 44.9 Å². The summed E-state index contributed by atoms with van der Waals surface area (Å²) in [5.41, 5.74) is 8.23. The number of ether oxygens (including phenoxy) is 2. The third-order valence-electron chi connectivity index (χ3n) is 14.0. The summed E-state index contributed by atoms with van der Waals surface area (Å²) in [5, 5.41) is 14.5. The van der Waals surface area contributed by atoms with Gasteiger partial charge < -0.3 is 24.9 Å². The van der Waals surface area contributed by atoms with Gasteiger partial charge in [-0.15, -0.1) is 0 Å². The second kappa shape index (κ2) is 23.6. The van der Waals surface area contributed by atoms with Crippen LogP contribution in [0.25, 0.3) is 0 Å². The van der Waals surface area contributed by atoms with Gasteiger partial charge in [-0.1, -0.05) is 42.3 Å². The quantitative estimate of drug-likeness (QED) is 0.134. The van der Waals surface area contributed by atoms with Crippen LogP contribution in [0.4, 0.5) is 9.59 Å². The number of halogens is 4. The molecule has 400 valence electrons. The van der Waals surface area contributed by atoms with Crippen molar-refractivity contribution in [2.45, 2.75) is 122 Å². The number of rotatable bonds is 8. The molecule has 3 unspecified atom stereocenters. The second-order valence-electron chi connectivity index (χ2n) is 21.5. The highest BCUT2D eigenvalue weighted by Gasteiger charge is 2.44. The van der Waals surface area contributed by atoms with Gasteiger partial charge in [0.05, 0.1) is 29.8 Å². The number of pyridine rings is 2. The monoisotopic (exact) mass is 1190 g/mol. The molecular weight excluding hydrogens is 1130 g/mol. The third kappa shape index (κ3) is 13.5. The maximum Gasteiger partial charge on any atom is 0.411 e. The lowest BCUT2D eigenvalue weighted by atomic mass is 9.95. The number of carbonyl (C=O) groups excluding carboxylic acids is 3. The molecule has 3 amide bonds. The largest absolute Gasteiger partial charge is 0.480 e. The number of amides is 3. The number of aromatic nitrogens is 4. The minimum atomic E-state index is -1.06. The van der Waals surface area contributed by atoms with E-state index in [-0.39, 0.29) is 37.0 Å². The third-order valence-corrected chi connectivity index (χ3v) is 15.3. The topological polar surface area (TPSA) is 186 Å². The molecule has 0 spiro atoms. The molecule has 2 aliphatic heterocycles. The molecule has 16 nitrogen and oxygen atoms in total. The van der Waals surface area contributed by atoms with Crippen LogP contribution in [0, 0.1) is 0 Å². The molecule has 0 radical (unpaired) electrons. The Morgan fingerprint density at radius 3 is 1.61 bits per heavy atom. The molecule has 5 aromatic rings. The van der Waals surface area contributed by atoms with E-state index in [1.54, 1.807) is 44.4 Å². The SMILES string of the molecule is CC(C)(C)OC(=O)N1CCN(C2c3ccc(Cl)cc3CCc3cc(Br)cnc32)C[C@@H]1C(=O)O.CCC(CNC(=O)[C@H]1CN(C2c3ccc(Cl)cc3CCc3cc(Br)cnc32)CCN1C(=O)OC(C)(C)C)c1cnc[nH]1. The smallest absolute Gasteiger partial charge is 0.411 e. The van der Waals surface area contributed by atoms with Crippen LogP contribution in [0.2, 0.25) is 10.0 Å². The Bertz CT molecular complexity index is 2790. The lowest BCUT2D eigenvalue weighted by Crippen LogP contribution is -2.62. The van der Waals surface area contributed by atoms with Crippen LogP contribution in [0.15, 0.2) is 82.4 Å². The van der Waals surface area contributed by atoms with Gasteiger partial charge in [0, 0.05) is 95.0 Å². The van der Waals surface area contributed by atoms with Crippen molar-refractivity contribution in [2.24, 2.45) is 0 Å². The maximum absolute atomic E-state index is 13.9. The van der Waals surface area contributed by atoms with Gasteiger partial charge in [0.15, 0.2) is 0 Å². The molecule has 0 saturated carbocycles. The maximum atomic E-state index is 13.9. The van der Waals surface area contributed by atoms with Crippen LogP contribution in [0.5, 0.6) is 0 Å². The highest BCUT2D eigenvalue weighted by atomic mass is 79.9. The molecule has 2 fully saturated rings. The molecule has 4 aliphatic rings. The molecule has 0 bridgehead atoms. The number of aromatic amines is 1. The van der Waals surface area contributed by atoms with E-state index in [0.29, 0.717) is 42.8 Å². The molecular formula is C55H65Br2Cl2N9O7. The molecule has 2 saturated heterocycles. The number of aliphatic carboxylic acids is 1. The Kier molecular flexibility index (Phi) is 17.7. The molecule has 5 heterocycles. The van der Waals surface area contributed by atoms with Crippen molar-refractivity contribution in [2.75, 3.05) is 45.8 Å². The first kappa shape index (κ1) is 56.1. The fraction of sp³-hybridized carbons (Fsp3) is 0.473. The van der Waals surface area contributed by atoms with E-state index in [4.69, 9.17) is 42.6 Å². The first-order chi connectivity index (χ1) is 35.6. The number of H-pyrrole nitrogens is 1. The lowest BCUT2D eigenvalue weighted by Gasteiger charge is -2.44. The van der Waals surface area contributed by atoms with Crippen molar-refractivity contribution in [3.63, 3.8) is 0 Å².